The molecular formula is C21H26N2O5S. The van der Waals surface area contributed by atoms with Crippen molar-refractivity contribution in [3.05, 3.63) is 59.7 Å². The van der Waals surface area contributed by atoms with Gasteiger partial charge in [0, 0.05) is 13.1 Å². The number of nitrogens with one attached hydrogen (secondary N) is 1. The lowest BCUT2D eigenvalue weighted by Crippen LogP contribution is -2.35. The first-order chi connectivity index (χ1) is 13.6. The van der Waals surface area contributed by atoms with Gasteiger partial charge >= 0.3 is 5.97 Å². The molecule has 0 saturated heterocycles. The maximum Gasteiger partial charge on any atom is 0.338 e. The molecule has 0 fully saturated rings. The van der Waals surface area contributed by atoms with Crippen LogP contribution < -0.4 is 9.62 Å². The monoisotopic (exact) mass is 418 g/mol. The fourth-order valence-corrected chi connectivity index (χ4v) is 3.71. The number of hydrogen-bond donors (Lipinski definition) is 1. The summed E-state index contributed by atoms with van der Waals surface area (Å²) in [6.07, 6.45) is 0.758. The molecule has 0 unspecified atom stereocenters. The van der Waals surface area contributed by atoms with Gasteiger partial charge in [-0.1, -0.05) is 30.7 Å². The van der Waals surface area contributed by atoms with Crippen LogP contribution in [-0.2, 0) is 19.6 Å². The number of aryl methyl sites for hydroxylation is 1. The molecule has 1 N–H and O–H groups in total. The topological polar surface area (TPSA) is 92.8 Å². The van der Waals surface area contributed by atoms with Crippen molar-refractivity contribution >= 4 is 27.6 Å². The number of sulfonamides is 1. The number of rotatable bonds is 8. The number of hydrogen-bond acceptors (Lipinski definition) is 5. The molecule has 7 nitrogen and oxygen atoms in total. The third kappa shape index (κ3) is 5.80. The molecule has 0 spiro atoms. The lowest BCUT2D eigenvalue weighted by molar-refractivity contribution is -0.124. The van der Waals surface area contributed by atoms with Crippen molar-refractivity contribution in [1.29, 1.82) is 0 Å². The predicted molar refractivity (Wildman–Crippen MR) is 111 cm³/mol. The van der Waals surface area contributed by atoms with Crippen LogP contribution in [0.25, 0.3) is 0 Å². The number of carbonyl (C=O) groups excluding carboxylic acids is 2. The van der Waals surface area contributed by atoms with Crippen molar-refractivity contribution in [2.24, 2.45) is 0 Å². The lowest BCUT2D eigenvalue weighted by atomic mass is 10.2. The Bertz CT molecular complexity index is 971. The van der Waals surface area contributed by atoms with Crippen molar-refractivity contribution in [3.8, 4) is 0 Å². The highest BCUT2D eigenvalue weighted by Crippen LogP contribution is 2.23. The Morgan fingerprint density at radius 2 is 1.79 bits per heavy atom. The van der Waals surface area contributed by atoms with E-state index in [4.69, 9.17) is 4.74 Å². The van der Waals surface area contributed by atoms with E-state index in [1.807, 2.05) is 32.9 Å². The van der Waals surface area contributed by atoms with Crippen molar-refractivity contribution in [3.63, 3.8) is 0 Å². The van der Waals surface area contributed by atoms with Crippen LogP contribution in [0.15, 0.2) is 53.4 Å². The largest absolute Gasteiger partial charge is 0.452 e. The van der Waals surface area contributed by atoms with Crippen LogP contribution in [0.2, 0.25) is 0 Å². The first-order valence-electron chi connectivity index (χ1n) is 9.27. The highest BCUT2D eigenvalue weighted by atomic mass is 32.2. The summed E-state index contributed by atoms with van der Waals surface area (Å²) in [7, 11) is -2.42. The Kier molecular flexibility index (Phi) is 7.39. The number of anilines is 1. The SMILES string of the molecule is CC[C@H](C)NC(=O)COC(=O)c1cccc(S(=O)(=O)N(C)c2ccc(C)cc2)c1. The van der Waals surface area contributed by atoms with E-state index in [-0.39, 0.29) is 16.5 Å². The second kappa shape index (κ2) is 9.56. The first-order valence-corrected chi connectivity index (χ1v) is 10.7. The number of ether oxygens (including phenoxy) is 1. The predicted octanol–water partition coefficient (Wildman–Crippen LogP) is 2.89. The normalized spacial score (nSPS) is 12.1. The molecule has 1 amide bonds. The Labute approximate surface area is 171 Å². The third-order valence-electron chi connectivity index (χ3n) is 4.48. The molecule has 0 bridgehead atoms. The van der Waals surface area contributed by atoms with Gasteiger partial charge in [0.1, 0.15) is 0 Å². The first kappa shape index (κ1) is 22.4. The van der Waals surface area contributed by atoms with E-state index in [0.29, 0.717) is 5.69 Å². The molecule has 0 radical (unpaired) electrons. The average Bonchev–Trinajstić information content (AvgIpc) is 2.72. The van der Waals surface area contributed by atoms with Gasteiger partial charge in [0.15, 0.2) is 6.61 Å². The van der Waals surface area contributed by atoms with E-state index >= 15 is 0 Å². The van der Waals surface area contributed by atoms with Crippen LogP contribution in [-0.4, -0.2) is 40.0 Å². The third-order valence-corrected chi connectivity index (χ3v) is 6.26. The summed E-state index contributed by atoms with van der Waals surface area (Å²) in [6.45, 7) is 5.26. The van der Waals surface area contributed by atoms with E-state index in [9.17, 15) is 18.0 Å². The minimum atomic E-state index is -3.87. The second-order valence-corrected chi connectivity index (χ2v) is 8.76. The van der Waals surface area contributed by atoms with Gasteiger partial charge in [-0.15, -0.1) is 0 Å². The van der Waals surface area contributed by atoms with Gasteiger partial charge in [0.2, 0.25) is 0 Å². The number of amides is 1. The summed E-state index contributed by atoms with van der Waals surface area (Å²) in [5, 5.41) is 2.69. The minimum absolute atomic E-state index is 0.0213. The van der Waals surface area contributed by atoms with Crippen LogP contribution >= 0.6 is 0 Å². The van der Waals surface area contributed by atoms with Crippen molar-refractivity contribution in [1.82, 2.24) is 5.32 Å². The minimum Gasteiger partial charge on any atom is -0.452 e. The summed E-state index contributed by atoms with van der Waals surface area (Å²) in [5.74, 6) is -1.17. The second-order valence-electron chi connectivity index (χ2n) is 6.79. The molecule has 2 rings (SSSR count). The Hall–Kier alpha value is -2.87. The van der Waals surface area contributed by atoms with Crippen molar-refractivity contribution in [2.75, 3.05) is 18.0 Å². The molecule has 0 aliphatic heterocycles. The van der Waals surface area contributed by atoms with E-state index in [1.54, 1.807) is 12.1 Å². The molecule has 0 aliphatic rings. The number of benzene rings is 2. The quantitative estimate of drug-likeness (QED) is 0.666. The summed E-state index contributed by atoms with van der Waals surface area (Å²) in [4.78, 5) is 24.0. The van der Waals surface area contributed by atoms with Gasteiger partial charge in [-0.05, 0) is 50.6 Å². The smallest absolute Gasteiger partial charge is 0.338 e. The van der Waals surface area contributed by atoms with Gasteiger partial charge in [-0.2, -0.15) is 0 Å². The zero-order chi connectivity index (χ0) is 21.6. The van der Waals surface area contributed by atoms with Crippen LogP contribution in [0.3, 0.4) is 0 Å². The highest BCUT2D eigenvalue weighted by molar-refractivity contribution is 7.92. The van der Waals surface area contributed by atoms with Crippen LogP contribution in [0, 0.1) is 6.92 Å². The zero-order valence-corrected chi connectivity index (χ0v) is 17.8. The Balaban J connectivity index is 2.14. The summed E-state index contributed by atoms with van der Waals surface area (Å²) >= 11 is 0. The van der Waals surface area contributed by atoms with Gasteiger partial charge < -0.3 is 10.1 Å². The molecule has 0 saturated carbocycles. The zero-order valence-electron chi connectivity index (χ0n) is 17.0. The summed E-state index contributed by atoms with van der Waals surface area (Å²) in [5.41, 5.74) is 1.58. The van der Waals surface area contributed by atoms with Crippen LogP contribution in [0.5, 0.6) is 0 Å². The molecule has 1 atom stereocenters. The fraction of sp³-hybridized carbons (Fsp3) is 0.333. The Morgan fingerprint density at radius 3 is 2.41 bits per heavy atom. The van der Waals surface area contributed by atoms with E-state index in [0.717, 1.165) is 16.3 Å². The van der Waals surface area contributed by atoms with Crippen LogP contribution in [0.4, 0.5) is 5.69 Å². The van der Waals surface area contributed by atoms with Gasteiger partial charge in [0.25, 0.3) is 15.9 Å². The molecule has 29 heavy (non-hydrogen) atoms. The van der Waals surface area contributed by atoms with Gasteiger partial charge in [0.05, 0.1) is 16.1 Å². The maximum atomic E-state index is 12.9. The molecule has 0 aromatic heterocycles. The van der Waals surface area contributed by atoms with Gasteiger partial charge in [-0.3, -0.25) is 9.10 Å². The molecule has 0 heterocycles. The van der Waals surface area contributed by atoms with Crippen LogP contribution in [0.1, 0.15) is 36.2 Å². The number of nitrogens with zero attached hydrogens (tertiary/aromatic N) is 1. The average molecular weight is 419 g/mol. The summed E-state index contributed by atoms with van der Waals surface area (Å²) in [6, 6.07) is 12.6. The molecule has 0 aliphatic carbocycles. The fourth-order valence-electron chi connectivity index (χ4n) is 2.47. The lowest BCUT2D eigenvalue weighted by Gasteiger charge is -2.20. The standard InChI is InChI=1S/C21H26N2O5S/c1-5-16(3)22-20(24)14-28-21(25)17-7-6-8-19(13-17)29(26,27)23(4)18-11-9-15(2)10-12-18/h6-13,16H,5,14H2,1-4H3,(H,22,24)/t16-/m0/s1. The van der Waals surface area contributed by atoms with Crippen molar-refractivity contribution < 1.29 is 22.7 Å². The van der Waals surface area contributed by atoms with Gasteiger partial charge in [-0.25, -0.2) is 13.2 Å². The number of carbonyl (C=O) groups is 2. The van der Waals surface area contributed by atoms with E-state index in [2.05, 4.69) is 5.32 Å². The molecule has 2 aromatic carbocycles. The number of esters is 1. The van der Waals surface area contributed by atoms with E-state index in [1.165, 1.54) is 31.3 Å². The highest BCUT2D eigenvalue weighted by Gasteiger charge is 2.23. The molecule has 2 aromatic rings. The molecular weight excluding hydrogens is 392 g/mol. The molecule has 8 heteroatoms. The van der Waals surface area contributed by atoms with E-state index < -0.39 is 28.5 Å². The Morgan fingerprint density at radius 1 is 1.14 bits per heavy atom. The molecule has 156 valence electrons. The summed E-state index contributed by atoms with van der Waals surface area (Å²) < 4.78 is 32.0. The maximum absolute atomic E-state index is 12.9. The van der Waals surface area contributed by atoms with Crippen molar-refractivity contribution in [2.45, 2.75) is 38.1 Å².